The largest absolute Gasteiger partial charge is 0.389 e. The zero-order chi connectivity index (χ0) is 10.3. The quantitative estimate of drug-likeness (QED) is 0.694. The molecule has 1 saturated carbocycles. The molecule has 0 radical (unpaired) electrons. The fourth-order valence-corrected chi connectivity index (χ4v) is 4.13. The van der Waals surface area contributed by atoms with E-state index in [4.69, 9.17) is 0 Å². The number of hydrogen-bond donors (Lipinski definition) is 2. The summed E-state index contributed by atoms with van der Waals surface area (Å²) in [5.41, 5.74) is -0.308. The van der Waals surface area contributed by atoms with Gasteiger partial charge in [0.05, 0.1) is 5.60 Å². The molecule has 2 unspecified atom stereocenters. The van der Waals surface area contributed by atoms with Crippen LogP contribution in [0, 0.1) is 5.92 Å². The summed E-state index contributed by atoms with van der Waals surface area (Å²) in [5.74, 6) is 0.608. The summed E-state index contributed by atoms with van der Waals surface area (Å²) in [6, 6.07) is 1.24. The van der Waals surface area contributed by atoms with Gasteiger partial charge in [-0.2, -0.15) is 0 Å². The maximum atomic E-state index is 10.8. The van der Waals surface area contributed by atoms with E-state index >= 15 is 0 Å². The fraction of sp³-hybridized carbons (Fsp3) is 1.00. The van der Waals surface area contributed by atoms with Crippen molar-refractivity contribution in [3.05, 3.63) is 0 Å². The molecule has 2 nitrogen and oxygen atoms in total. The first kappa shape index (κ1) is 10.1. The van der Waals surface area contributed by atoms with Gasteiger partial charge < -0.3 is 10.4 Å². The zero-order valence-electron chi connectivity index (χ0n) is 9.54. The molecule has 86 valence electrons. The van der Waals surface area contributed by atoms with Crippen molar-refractivity contribution in [2.75, 3.05) is 0 Å². The second kappa shape index (κ2) is 3.74. The van der Waals surface area contributed by atoms with E-state index in [9.17, 15) is 5.11 Å². The van der Waals surface area contributed by atoms with Crippen LogP contribution in [0.2, 0.25) is 0 Å². The SMILES string of the molecule is OC1(C2CCCCC2)CC2CCC(C1)N2. The van der Waals surface area contributed by atoms with E-state index in [0.717, 1.165) is 12.8 Å². The molecule has 2 heterocycles. The number of nitrogens with one attached hydrogen (secondary N) is 1. The van der Waals surface area contributed by atoms with E-state index in [1.807, 2.05) is 0 Å². The number of aliphatic hydroxyl groups is 1. The van der Waals surface area contributed by atoms with Gasteiger partial charge in [-0.1, -0.05) is 19.3 Å². The molecular formula is C13H23NO. The summed E-state index contributed by atoms with van der Waals surface area (Å²) < 4.78 is 0. The molecule has 2 atom stereocenters. The highest BCUT2D eigenvalue weighted by Crippen LogP contribution is 2.43. The highest BCUT2D eigenvalue weighted by Gasteiger charge is 2.46. The minimum atomic E-state index is -0.308. The smallest absolute Gasteiger partial charge is 0.0705 e. The fourth-order valence-electron chi connectivity index (χ4n) is 4.13. The molecule has 2 aliphatic heterocycles. The van der Waals surface area contributed by atoms with Gasteiger partial charge in [-0.15, -0.1) is 0 Å². The first-order chi connectivity index (χ1) is 7.26. The molecule has 3 rings (SSSR count). The molecule has 0 spiro atoms. The third-order valence-corrected chi connectivity index (χ3v) is 4.90. The standard InChI is InChI=1S/C13H23NO/c15-13(10-4-2-1-3-5-10)8-11-6-7-12(9-13)14-11/h10-12,14-15H,1-9H2. The van der Waals surface area contributed by atoms with E-state index in [-0.39, 0.29) is 5.60 Å². The number of hydrogen-bond acceptors (Lipinski definition) is 2. The van der Waals surface area contributed by atoms with Crippen molar-refractivity contribution in [2.24, 2.45) is 5.92 Å². The van der Waals surface area contributed by atoms with Gasteiger partial charge in [-0.25, -0.2) is 0 Å². The minimum Gasteiger partial charge on any atom is -0.389 e. The van der Waals surface area contributed by atoms with Crippen molar-refractivity contribution in [3.8, 4) is 0 Å². The van der Waals surface area contributed by atoms with E-state index < -0.39 is 0 Å². The lowest BCUT2D eigenvalue weighted by molar-refractivity contribution is -0.0687. The molecule has 2 bridgehead atoms. The van der Waals surface area contributed by atoms with E-state index in [1.54, 1.807) is 0 Å². The molecule has 15 heavy (non-hydrogen) atoms. The number of fused-ring (bicyclic) bond motifs is 2. The second-order valence-electron chi connectivity index (χ2n) is 5.98. The maximum Gasteiger partial charge on any atom is 0.0705 e. The van der Waals surface area contributed by atoms with Crippen molar-refractivity contribution >= 4 is 0 Å². The summed E-state index contributed by atoms with van der Waals surface area (Å²) in [6.07, 6.45) is 11.2. The van der Waals surface area contributed by atoms with E-state index in [2.05, 4.69) is 5.32 Å². The Hall–Kier alpha value is -0.0800. The predicted octanol–water partition coefficient (Wildman–Crippen LogP) is 2.21. The Balaban J connectivity index is 1.72. The van der Waals surface area contributed by atoms with Gasteiger partial charge in [0.25, 0.3) is 0 Å². The van der Waals surface area contributed by atoms with Gasteiger partial charge in [-0.3, -0.25) is 0 Å². The molecule has 3 aliphatic rings. The summed E-state index contributed by atoms with van der Waals surface area (Å²) >= 11 is 0. The molecule has 0 aromatic heterocycles. The van der Waals surface area contributed by atoms with Crippen molar-refractivity contribution in [3.63, 3.8) is 0 Å². The van der Waals surface area contributed by atoms with E-state index in [0.29, 0.717) is 18.0 Å². The van der Waals surface area contributed by atoms with E-state index in [1.165, 1.54) is 44.9 Å². The Bertz CT molecular complexity index is 223. The minimum absolute atomic E-state index is 0.308. The molecule has 3 fully saturated rings. The monoisotopic (exact) mass is 209 g/mol. The average molecular weight is 209 g/mol. The van der Waals surface area contributed by atoms with Crippen LogP contribution in [0.3, 0.4) is 0 Å². The van der Waals surface area contributed by atoms with Gasteiger partial charge in [-0.05, 0) is 44.4 Å². The van der Waals surface area contributed by atoms with Gasteiger partial charge in [0.15, 0.2) is 0 Å². The molecule has 0 aromatic rings. The second-order valence-corrected chi connectivity index (χ2v) is 5.98. The predicted molar refractivity (Wildman–Crippen MR) is 60.7 cm³/mol. The van der Waals surface area contributed by atoms with Gasteiger partial charge in [0, 0.05) is 12.1 Å². The van der Waals surface area contributed by atoms with Crippen LogP contribution in [0.15, 0.2) is 0 Å². The summed E-state index contributed by atoms with van der Waals surface area (Å²) in [5, 5.41) is 14.5. The van der Waals surface area contributed by atoms with Crippen LogP contribution in [-0.2, 0) is 0 Å². The number of rotatable bonds is 1. The van der Waals surface area contributed by atoms with Gasteiger partial charge >= 0.3 is 0 Å². The molecule has 2 heteroatoms. The van der Waals surface area contributed by atoms with Crippen molar-refractivity contribution in [1.29, 1.82) is 0 Å². The maximum absolute atomic E-state index is 10.8. The van der Waals surface area contributed by atoms with Crippen LogP contribution in [0.4, 0.5) is 0 Å². The normalized spacial score (nSPS) is 47.0. The lowest BCUT2D eigenvalue weighted by atomic mass is 9.71. The Morgan fingerprint density at radius 1 is 0.867 bits per heavy atom. The number of piperidine rings is 1. The summed E-state index contributed by atoms with van der Waals surface area (Å²) in [4.78, 5) is 0. The van der Waals surface area contributed by atoms with Crippen LogP contribution >= 0.6 is 0 Å². The average Bonchev–Trinajstić information content (AvgIpc) is 2.60. The van der Waals surface area contributed by atoms with Crippen LogP contribution in [0.25, 0.3) is 0 Å². The Morgan fingerprint density at radius 3 is 2.07 bits per heavy atom. The van der Waals surface area contributed by atoms with Crippen LogP contribution in [0.1, 0.15) is 57.8 Å². The third kappa shape index (κ3) is 1.83. The van der Waals surface area contributed by atoms with Crippen molar-refractivity contribution in [1.82, 2.24) is 5.32 Å². The Kier molecular flexibility index (Phi) is 2.52. The molecule has 0 amide bonds. The van der Waals surface area contributed by atoms with Gasteiger partial charge in [0.2, 0.25) is 0 Å². The third-order valence-electron chi connectivity index (χ3n) is 4.90. The topological polar surface area (TPSA) is 32.3 Å². The van der Waals surface area contributed by atoms with Crippen LogP contribution in [0.5, 0.6) is 0 Å². The lowest BCUT2D eigenvalue weighted by Crippen LogP contribution is -2.52. The highest BCUT2D eigenvalue weighted by atomic mass is 16.3. The summed E-state index contributed by atoms with van der Waals surface area (Å²) in [7, 11) is 0. The van der Waals surface area contributed by atoms with Crippen molar-refractivity contribution < 1.29 is 5.11 Å². The Morgan fingerprint density at radius 2 is 1.47 bits per heavy atom. The first-order valence-electron chi connectivity index (χ1n) is 6.75. The van der Waals surface area contributed by atoms with Crippen LogP contribution in [-0.4, -0.2) is 22.8 Å². The van der Waals surface area contributed by atoms with Crippen LogP contribution < -0.4 is 5.32 Å². The summed E-state index contributed by atoms with van der Waals surface area (Å²) in [6.45, 7) is 0. The molecular weight excluding hydrogens is 186 g/mol. The van der Waals surface area contributed by atoms with Gasteiger partial charge in [0.1, 0.15) is 0 Å². The Labute approximate surface area is 92.4 Å². The highest BCUT2D eigenvalue weighted by molar-refractivity contribution is 5.03. The van der Waals surface area contributed by atoms with Crippen molar-refractivity contribution in [2.45, 2.75) is 75.5 Å². The molecule has 2 saturated heterocycles. The zero-order valence-corrected chi connectivity index (χ0v) is 9.54. The molecule has 2 N–H and O–H groups in total. The molecule has 1 aliphatic carbocycles. The lowest BCUT2D eigenvalue weighted by Gasteiger charge is -2.44. The molecule has 0 aromatic carbocycles. The first-order valence-corrected chi connectivity index (χ1v) is 6.75.